The Kier molecular flexibility index (Phi) is 5.48. The maximum Gasteiger partial charge on any atom is 0.251 e. The number of methoxy groups -OCH3 is 1. The van der Waals surface area contributed by atoms with Crippen LogP contribution < -0.4 is 15.4 Å². The van der Waals surface area contributed by atoms with Gasteiger partial charge in [-0.1, -0.05) is 17.4 Å². The molecule has 2 N–H and O–H groups in total. The summed E-state index contributed by atoms with van der Waals surface area (Å²) in [5.41, 5.74) is 1.63. The van der Waals surface area contributed by atoms with Gasteiger partial charge in [-0.3, -0.25) is 4.79 Å². The molecule has 0 saturated heterocycles. The predicted octanol–water partition coefficient (Wildman–Crippen LogP) is 5.20. The molecule has 1 aromatic heterocycles. The Morgan fingerprint density at radius 2 is 1.79 bits per heavy atom. The number of hydrogen-bond acceptors (Lipinski definition) is 4. The number of carbonyl (C=O) groups is 1. The van der Waals surface area contributed by atoms with Crippen LogP contribution in [0, 0.1) is 5.82 Å². The average Bonchev–Trinajstić information content (AvgIpc) is 3.14. The molecule has 28 heavy (non-hydrogen) atoms. The van der Waals surface area contributed by atoms with Crippen LogP contribution in [-0.2, 0) is 0 Å². The predicted molar refractivity (Wildman–Crippen MR) is 112 cm³/mol. The van der Waals surface area contributed by atoms with Crippen LogP contribution in [0.5, 0.6) is 5.06 Å². The summed E-state index contributed by atoms with van der Waals surface area (Å²) in [5.74, 6) is -0.465. The number of thiophene rings is 1. The van der Waals surface area contributed by atoms with Gasteiger partial charge in [0.1, 0.15) is 5.82 Å². The smallest absolute Gasteiger partial charge is 0.251 e. The van der Waals surface area contributed by atoms with Crippen molar-refractivity contribution >= 4 is 33.0 Å². The second-order valence-corrected chi connectivity index (χ2v) is 8.21. The van der Waals surface area contributed by atoms with Crippen molar-refractivity contribution in [3.63, 3.8) is 0 Å². The van der Waals surface area contributed by atoms with E-state index in [0.717, 1.165) is 36.4 Å². The number of halogens is 1. The topological polar surface area (TPSA) is 50.4 Å². The Hall–Kier alpha value is -2.60. The highest BCUT2D eigenvalue weighted by molar-refractivity contribution is 7.20. The van der Waals surface area contributed by atoms with E-state index in [1.165, 1.54) is 34.4 Å². The molecule has 0 atom stereocenters. The molecule has 3 aromatic rings. The highest BCUT2D eigenvalue weighted by Crippen LogP contribution is 2.36. The summed E-state index contributed by atoms with van der Waals surface area (Å²) in [7, 11) is 1.69. The van der Waals surface area contributed by atoms with E-state index >= 15 is 0 Å². The van der Waals surface area contributed by atoms with Gasteiger partial charge in [-0.15, -0.1) is 0 Å². The number of nitrogens with one attached hydrogen (secondary N) is 2. The molecule has 1 saturated carbocycles. The molecule has 4 rings (SSSR count). The van der Waals surface area contributed by atoms with Gasteiger partial charge in [-0.05, 0) is 62.1 Å². The molecule has 0 spiro atoms. The van der Waals surface area contributed by atoms with Gasteiger partial charge in [0.25, 0.3) is 5.91 Å². The van der Waals surface area contributed by atoms with Gasteiger partial charge in [0, 0.05) is 39.5 Å². The number of hydrogen-bond donors (Lipinski definition) is 2. The van der Waals surface area contributed by atoms with Crippen LogP contribution >= 0.6 is 11.3 Å². The number of anilines is 1. The second-order valence-electron chi connectivity index (χ2n) is 7.16. The molecular weight excluding hydrogens is 375 g/mol. The molecule has 4 nitrogen and oxygen atoms in total. The zero-order valence-electron chi connectivity index (χ0n) is 15.7. The minimum absolute atomic E-state index is 0.133. The fraction of sp³-hybridized carbons (Fsp3) is 0.318. The zero-order chi connectivity index (χ0) is 19.5. The molecule has 2 aromatic carbocycles. The third-order valence-corrected chi connectivity index (χ3v) is 6.33. The van der Waals surface area contributed by atoms with Gasteiger partial charge < -0.3 is 15.4 Å². The first-order valence-corrected chi connectivity index (χ1v) is 10.3. The molecule has 6 heteroatoms. The maximum atomic E-state index is 13.0. The number of amides is 1. The minimum atomic E-state index is -0.332. The van der Waals surface area contributed by atoms with Gasteiger partial charge in [-0.2, -0.15) is 0 Å². The minimum Gasteiger partial charge on any atom is -0.487 e. The van der Waals surface area contributed by atoms with Gasteiger partial charge in [0.2, 0.25) is 0 Å². The van der Waals surface area contributed by atoms with E-state index in [-0.39, 0.29) is 17.8 Å². The number of fused-ring (bicyclic) bond motifs is 1. The van der Waals surface area contributed by atoms with Crippen molar-refractivity contribution in [3.05, 3.63) is 59.9 Å². The first-order chi connectivity index (χ1) is 13.6. The normalized spacial score (nSPS) is 19.4. The number of rotatable bonds is 5. The lowest BCUT2D eigenvalue weighted by molar-refractivity contribution is 0.0926. The molecular formula is C22H23FN2O2S. The van der Waals surface area contributed by atoms with Crippen LogP contribution in [0.25, 0.3) is 10.1 Å². The lowest BCUT2D eigenvalue weighted by Gasteiger charge is -2.30. The molecule has 1 heterocycles. The summed E-state index contributed by atoms with van der Waals surface area (Å²) in [6.07, 6.45) is 3.83. The van der Waals surface area contributed by atoms with Crippen LogP contribution in [0.4, 0.5) is 10.1 Å². The van der Waals surface area contributed by atoms with E-state index in [0.29, 0.717) is 11.6 Å². The van der Waals surface area contributed by atoms with E-state index in [2.05, 4.69) is 34.9 Å². The lowest BCUT2D eigenvalue weighted by Crippen LogP contribution is -2.40. The maximum absolute atomic E-state index is 13.0. The van der Waals surface area contributed by atoms with Crippen LogP contribution in [-0.4, -0.2) is 25.1 Å². The van der Waals surface area contributed by atoms with E-state index in [1.807, 2.05) is 0 Å². The van der Waals surface area contributed by atoms with Crippen molar-refractivity contribution in [2.24, 2.45) is 0 Å². The largest absolute Gasteiger partial charge is 0.487 e. The molecule has 1 aliphatic rings. The molecule has 146 valence electrons. The van der Waals surface area contributed by atoms with E-state index < -0.39 is 0 Å². The fourth-order valence-corrected chi connectivity index (χ4v) is 4.64. The molecule has 0 aliphatic heterocycles. The van der Waals surface area contributed by atoms with Crippen LogP contribution in [0.15, 0.2) is 48.5 Å². The van der Waals surface area contributed by atoms with Gasteiger partial charge in [0.15, 0.2) is 5.06 Å². The Morgan fingerprint density at radius 1 is 1.07 bits per heavy atom. The first kappa shape index (κ1) is 18.7. The van der Waals surface area contributed by atoms with Crippen molar-refractivity contribution in [2.45, 2.75) is 37.8 Å². The van der Waals surface area contributed by atoms with Crippen LogP contribution in [0.1, 0.15) is 36.0 Å². The third kappa shape index (κ3) is 4.12. The summed E-state index contributed by atoms with van der Waals surface area (Å²) < 4.78 is 19.6. The summed E-state index contributed by atoms with van der Waals surface area (Å²) >= 11 is 1.65. The van der Waals surface area contributed by atoms with Crippen LogP contribution in [0.3, 0.4) is 0 Å². The molecule has 1 aliphatic carbocycles. The number of ether oxygens (including phenoxy) is 1. The Morgan fingerprint density at radius 3 is 2.50 bits per heavy atom. The van der Waals surface area contributed by atoms with Gasteiger partial charge in [-0.25, -0.2) is 4.39 Å². The van der Waals surface area contributed by atoms with E-state index in [1.54, 1.807) is 18.4 Å². The van der Waals surface area contributed by atoms with Crippen LogP contribution in [0.2, 0.25) is 0 Å². The summed E-state index contributed by atoms with van der Waals surface area (Å²) in [6, 6.07) is 14.6. The molecule has 0 unspecified atom stereocenters. The lowest BCUT2D eigenvalue weighted by atomic mass is 9.90. The van der Waals surface area contributed by atoms with Crippen molar-refractivity contribution in [3.8, 4) is 5.06 Å². The molecule has 0 bridgehead atoms. The fourth-order valence-electron chi connectivity index (χ4n) is 3.74. The third-order valence-electron chi connectivity index (χ3n) is 5.27. The van der Waals surface area contributed by atoms with E-state index in [4.69, 9.17) is 4.74 Å². The summed E-state index contributed by atoms with van der Waals surface area (Å²) in [5, 5.41) is 8.85. The number of benzene rings is 2. The summed E-state index contributed by atoms with van der Waals surface area (Å²) in [4.78, 5) is 12.3. The quantitative estimate of drug-likeness (QED) is 0.621. The molecule has 1 amide bonds. The van der Waals surface area contributed by atoms with Gasteiger partial charge in [0.05, 0.1) is 7.11 Å². The van der Waals surface area contributed by atoms with E-state index in [9.17, 15) is 9.18 Å². The monoisotopic (exact) mass is 398 g/mol. The Balaban J connectivity index is 1.34. The first-order valence-electron chi connectivity index (χ1n) is 9.52. The SMILES string of the molecule is COc1cc2c(N[C@H]3CC[C@@H](NC(=O)c4ccc(F)cc4)CC3)cccc2s1. The Bertz CT molecular complexity index is 962. The second kappa shape index (κ2) is 8.19. The highest BCUT2D eigenvalue weighted by Gasteiger charge is 2.23. The van der Waals surface area contributed by atoms with Crippen molar-refractivity contribution in [1.82, 2.24) is 5.32 Å². The van der Waals surface area contributed by atoms with Crippen molar-refractivity contribution in [2.75, 3.05) is 12.4 Å². The summed E-state index contributed by atoms with van der Waals surface area (Å²) in [6.45, 7) is 0. The highest BCUT2D eigenvalue weighted by atomic mass is 32.1. The van der Waals surface area contributed by atoms with Crippen molar-refractivity contribution < 1.29 is 13.9 Å². The molecule has 0 radical (unpaired) electrons. The van der Waals surface area contributed by atoms with Gasteiger partial charge >= 0.3 is 0 Å². The number of carbonyl (C=O) groups excluding carboxylic acids is 1. The standard InChI is InChI=1S/C22H23FN2O2S/c1-27-21-13-18-19(3-2-4-20(18)28-21)24-16-9-11-17(12-10-16)25-22(26)14-5-7-15(23)8-6-14/h2-8,13,16-17,24H,9-12H2,1H3,(H,25,26)/t16-,17+. The molecule has 1 fully saturated rings. The Labute approximate surface area is 167 Å². The van der Waals surface area contributed by atoms with Crippen molar-refractivity contribution in [1.29, 1.82) is 0 Å². The average molecular weight is 399 g/mol. The zero-order valence-corrected chi connectivity index (χ0v) is 16.5.